The zero-order valence-electron chi connectivity index (χ0n) is 13.6. The first kappa shape index (κ1) is 17.3. The molecule has 0 atom stereocenters. The van der Waals surface area contributed by atoms with E-state index in [1.165, 1.54) is 0 Å². The van der Waals surface area contributed by atoms with Crippen LogP contribution in [0, 0.1) is 6.92 Å². The van der Waals surface area contributed by atoms with Crippen molar-refractivity contribution >= 4 is 39.2 Å². The van der Waals surface area contributed by atoms with Crippen LogP contribution in [-0.2, 0) is 11.3 Å². The highest BCUT2D eigenvalue weighted by Crippen LogP contribution is 2.17. The Morgan fingerprint density at radius 2 is 2.04 bits per heavy atom. The molecule has 1 fully saturated rings. The van der Waals surface area contributed by atoms with Gasteiger partial charge in [-0.3, -0.25) is 9.69 Å². The summed E-state index contributed by atoms with van der Waals surface area (Å²) in [6.07, 6.45) is 3.54. The van der Waals surface area contributed by atoms with Gasteiger partial charge >= 0.3 is 0 Å². The van der Waals surface area contributed by atoms with Gasteiger partial charge in [0.2, 0.25) is 5.91 Å². The topological polar surface area (TPSA) is 36.4 Å². The molecular weight excluding hydrogens is 386 g/mol. The lowest BCUT2D eigenvalue weighted by Crippen LogP contribution is -2.47. The van der Waals surface area contributed by atoms with Crippen molar-refractivity contribution in [3.8, 4) is 0 Å². The number of halogens is 1. The highest BCUT2D eigenvalue weighted by atomic mass is 79.9. The molecule has 0 radical (unpaired) electrons. The van der Waals surface area contributed by atoms with Gasteiger partial charge in [0.25, 0.3) is 0 Å². The Balaban J connectivity index is 1.51. The van der Waals surface area contributed by atoms with Gasteiger partial charge in [-0.1, -0.05) is 34.1 Å². The summed E-state index contributed by atoms with van der Waals surface area (Å²) in [4.78, 5) is 21.1. The first-order valence-electron chi connectivity index (χ1n) is 7.97. The molecular formula is C18H20BrN3OS. The van der Waals surface area contributed by atoms with Crippen LogP contribution < -0.4 is 0 Å². The van der Waals surface area contributed by atoms with Crippen LogP contribution >= 0.6 is 27.3 Å². The van der Waals surface area contributed by atoms with E-state index in [1.807, 2.05) is 42.2 Å². The molecule has 1 aliphatic rings. The van der Waals surface area contributed by atoms with E-state index in [4.69, 9.17) is 0 Å². The number of amides is 1. The highest BCUT2D eigenvalue weighted by Gasteiger charge is 2.20. The Bertz CT molecular complexity index is 735. The van der Waals surface area contributed by atoms with Crippen LogP contribution in [0.2, 0.25) is 0 Å². The van der Waals surface area contributed by atoms with Gasteiger partial charge < -0.3 is 4.90 Å². The Labute approximate surface area is 154 Å². The average Bonchev–Trinajstić information content (AvgIpc) is 2.99. The number of benzene rings is 1. The first-order valence-corrected chi connectivity index (χ1v) is 9.64. The average molecular weight is 406 g/mol. The van der Waals surface area contributed by atoms with E-state index in [0.717, 1.165) is 53.5 Å². The largest absolute Gasteiger partial charge is 0.337 e. The van der Waals surface area contributed by atoms with E-state index >= 15 is 0 Å². The van der Waals surface area contributed by atoms with Crippen molar-refractivity contribution in [1.82, 2.24) is 14.8 Å². The summed E-state index contributed by atoms with van der Waals surface area (Å²) in [5, 5.41) is 3.23. The molecule has 0 unspecified atom stereocenters. The zero-order chi connectivity index (χ0) is 16.9. The summed E-state index contributed by atoms with van der Waals surface area (Å²) in [6, 6.07) is 7.89. The fourth-order valence-electron chi connectivity index (χ4n) is 2.71. The van der Waals surface area contributed by atoms with Gasteiger partial charge in [0.1, 0.15) is 0 Å². The van der Waals surface area contributed by atoms with Crippen molar-refractivity contribution < 1.29 is 4.79 Å². The van der Waals surface area contributed by atoms with Gasteiger partial charge in [0.15, 0.2) is 0 Å². The summed E-state index contributed by atoms with van der Waals surface area (Å²) in [5.74, 6) is 0.0786. The Hall–Kier alpha value is -1.50. The quantitative estimate of drug-likeness (QED) is 0.729. The molecule has 2 heterocycles. The Morgan fingerprint density at radius 1 is 1.29 bits per heavy atom. The van der Waals surface area contributed by atoms with Gasteiger partial charge in [-0.05, 0) is 24.6 Å². The van der Waals surface area contributed by atoms with E-state index in [1.54, 1.807) is 17.4 Å². The molecule has 0 saturated carbocycles. The maximum atomic E-state index is 12.3. The molecule has 3 rings (SSSR count). The number of hydrogen-bond donors (Lipinski definition) is 0. The molecule has 0 spiro atoms. The maximum absolute atomic E-state index is 12.3. The number of thiazole rings is 1. The molecule has 4 nitrogen and oxygen atoms in total. The maximum Gasteiger partial charge on any atom is 0.246 e. The van der Waals surface area contributed by atoms with Crippen LogP contribution in [0.4, 0.5) is 0 Å². The fraction of sp³-hybridized carbons (Fsp3) is 0.333. The third kappa shape index (κ3) is 4.53. The van der Waals surface area contributed by atoms with Crippen LogP contribution in [-0.4, -0.2) is 46.9 Å². The number of carbonyl (C=O) groups excluding carboxylic acids is 1. The molecule has 1 aromatic carbocycles. The van der Waals surface area contributed by atoms with Gasteiger partial charge in [-0.15, -0.1) is 11.3 Å². The van der Waals surface area contributed by atoms with E-state index in [2.05, 4.69) is 31.2 Å². The lowest BCUT2D eigenvalue weighted by molar-refractivity contribution is -0.127. The number of aromatic nitrogens is 1. The molecule has 1 aromatic heterocycles. The molecule has 0 aliphatic carbocycles. The SMILES string of the molecule is Cc1nc(CN2CCN(C(=O)/C=C/c3ccccc3Br)CC2)cs1. The minimum atomic E-state index is 0.0786. The van der Waals surface area contributed by atoms with E-state index in [9.17, 15) is 4.79 Å². The van der Waals surface area contributed by atoms with Crippen molar-refractivity contribution in [1.29, 1.82) is 0 Å². The molecule has 126 valence electrons. The second-order valence-corrected chi connectivity index (χ2v) is 7.73. The van der Waals surface area contributed by atoms with Crippen LogP contribution in [0.25, 0.3) is 6.08 Å². The number of aryl methyl sites for hydroxylation is 1. The smallest absolute Gasteiger partial charge is 0.246 e. The van der Waals surface area contributed by atoms with Gasteiger partial charge in [0, 0.05) is 48.7 Å². The monoisotopic (exact) mass is 405 g/mol. The normalized spacial score (nSPS) is 16.0. The summed E-state index contributed by atoms with van der Waals surface area (Å²) >= 11 is 5.18. The van der Waals surface area contributed by atoms with Crippen LogP contribution in [0.3, 0.4) is 0 Å². The molecule has 2 aromatic rings. The van der Waals surface area contributed by atoms with E-state index < -0.39 is 0 Å². The minimum absolute atomic E-state index is 0.0786. The molecule has 0 N–H and O–H groups in total. The molecule has 1 amide bonds. The van der Waals surface area contributed by atoms with Crippen LogP contribution in [0.5, 0.6) is 0 Å². The van der Waals surface area contributed by atoms with Crippen LogP contribution in [0.15, 0.2) is 40.2 Å². The molecule has 24 heavy (non-hydrogen) atoms. The number of rotatable bonds is 4. The molecule has 6 heteroatoms. The molecule has 0 bridgehead atoms. The van der Waals surface area contributed by atoms with Crippen molar-refractivity contribution in [3.05, 3.63) is 56.5 Å². The van der Waals surface area contributed by atoms with Crippen molar-refractivity contribution in [2.45, 2.75) is 13.5 Å². The summed E-state index contributed by atoms with van der Waals surface area (Å²) in [5.41, 5.74) is 2.15. The number of piperazine rings is 1. The minimum Gasteiger partial charge on any atom is -0.337 e. The Kier molecular flexibility index (Phi) is 5.81. The predicted octanol–water partition coefficient (Wildman–Crippen LogP) is 3.57. The Morgan fingerprint density at radius 3 is 2.71 bits per heavy atom. The predicted molar refractivity (Wildman–Crippen MR) is 102 cm³/mol. The van der Waals surface area contributed by atoms with Gasteiger partial charge in [-0.2, -0.15) is 0 Å². The lowest BCUT2D eigenvalue weighted by Gasteiger charge is -2.33. The third-order valence-electron chi connectivity index (χ3n) is 4.05. The third-order valence-corrected chi connectivity index (χ3v) is 5.59. The summed E-state index contributed by atoms with van der Waals surface area (Å²) in [6.45, 7) is 6.22. The zero-order valence-corrected chi connectivity index (χ0v) is 16.0. The van der Waals surface area contributed by atoms with Crippen molar-refractivity contribution in [2.24, 2.45) is 0 Å². The van der Waals surface area contributed by atoms with Crippen molar-refractivity contribution in [2.75, 3.05) is 26.2 Å². The standard InChI is InChI=1S/C18H20BrN3OS/c1-14-20-16(13-24-14)12-21-8-10-22(11-9-21)18(23)7-6-15-4-2-3-5-17(15)19/h2-7,13H,8-12H2,1H3/b7-6+. The lowest BCUT2D eigenvalue weighted by atomic mass is 10.2. The first-order chi connectivity index (χ1) is 11.6. The number of nitrogens with zero attached hydrogens (tertiary/aromatic N) is 3. The fourth-order valence-corrected chi connectivity index (χ4v) is 3.73. The number of carbonyl (C=O) groups is 1. The summed E-state index contributed by atoms with van der Waals surface area (Å²) in [7, 11) is 0. The number of hydrogen-bond acceptors (Lipinski definition) is 4. The van der Waals surface area contributed by atoms with Crippen molar-refractivity contribution in [3.63, 3.8) is 0 Å². The van der Waals surface area contributed by atoms with E-state index in [-0.39, 0.29) is 5.91 Å². The molecule has 1 aliphatic heterocycles. The van der Waals surface area contributed by atoms with Gasteiger partial charge in [0.05, 0.1) is 10.7 Å². The second kappa shape index (κ2) is 8.05. The van der Waals surface area contributed by atoms with Gasteiger partial charge in [-0.25, -0.2) is 4.98 Å². The second-order valence-electron chi connectivity index (χ2n) is 5.81. The summed E-state index contributed by atoms with van der Waals surface area (Å²) < 4.78 is 0.998. The van der Waals surface area contributed by atoms with E-state index in [0.29, 0.717) is 0 Å². The highest BCUT2D eigenvalue weighted by molar-refractivity contribution is 9.10. The van der Waals surface area contributed by atoms with Crippen LogP contribution in [0.1, 0.15) is 16.3 Å². The molecule has 1 saturated heterocycles.